The van der Waals surface area contributed by atoms with Crippen molar-refractivity contribution < 1.29 is 9.59 Å². The van der Waals surface area contributed by atoms with E-state index >= 15 is 0 Å². The molecular formula is C15H15N3O2S. The number of nitrogens with zero attached hydrogens (tertiary/aromatic N) is 1. The normalized spacial score (nSPS) is 12.8. The highest BCUT2D eigenvalue weighted by molar-refractivity contribution is 7.15. The van der Waals surface area contributed by atoms with Crippen molar-refractivity contribution in [1.29, 1.82) is 0 Å². The van der Waals surface area contributed by atoms with Crippen LogP contribution in [-0.2, 0) is 17.6 Å². The van der Waals surface area contributed by atoms with Crippen LogP contribution in [0.4, 0.5) is 5.13 Å². The second-order valence-corrected chi connectivity index (χ2v) is 5.92. The van der Waals surface area contributed by atoms with Gasteiger partial charge in [0.05, 0.1) is 12.2 Å². The zero-order valence-corrected chi connectivity index (χ0v) is 12.2. The zero-order chi connectivity index (χ0) is 14.7. The maximum atomic E-state index is 11.8. The third kappa shape index (κ3) is 3.28. The lowest BCUT2D eigenvalue weighted by Crippen LogP contribution is -2.32. The van der Waals surface area contributed by atoms with Gasteiger partial charge in [-0.15, -0.1) is 11.3 Å². The van der Waals surface area contributed by atoms with Crippen molar-refractivity contribution in [3.8, 4) is 0 Å². The van der Waals surface area contributed by atoms with E-state index in [1.807, 2.05) is 6.07 Å². The highest BCUT2D eigenvalue weighted by atomic mass is 32.1. The summed E-state index contributed by atoms with van der Waals surface area (Å²) in [5.74, 6) is -0.515. The fraction of sp³-hybridized carbons (Fsp3) is 0.267. The number of anilines is 1. The minimum absolute atomic E-state index is 0.0576. The molecule has 1 aliphatic carbocycles. The molecule has 5 nitrogen and oxygen atoms in total. The Hall–Kier alpha value is -2.21. The first-order valence-electron chi connectivity index (χ1n) is 6.84. The second kappa shape index (κ2) is 6.05. The van der Waals surface area contributed by atoms with Crippen molar-refractivity contribution in [2.45, 2.75) is 19.3 Å². The van der Waals surface area contributed by atoms with Gasteiger partial charge in [0, 0.05) is 10.4 Å². The molecule has 0 spiro atoms. The minimum Gasteiger partial charge on any atom is -0.343 e. The molecule has 6 heteroatoms. The molecule has 2 aromatic rings. The standard InChI is InChI=1S/C15H15N3O2S/c19-13(9-16-14(20)10-5-2-1-3-6-10)18-15-17-11-7-4-8-12(11)21-15/h1-3,5-6H,4,7-9H2,(H,16,20)(H,17,18,19). The molecule has 21 heavy (non-hydrogen) atoms. The van der Waals surface area contributed by atoms with E-state index in [1.54, 1.807) is 24.3 Å². The minimum atomic E-state index is -0.258. The van der Waals surface area contributed by atoms with Crippen molar-refractivity contribution >= 4 is 28.3 Å². The molecule has 108 valence electrons. The number of hydrogen-bond donors (Lipinski definition) is 2. The number of aryl methyl sites for hydroxylation is 2. The summed E-state index contributed by atoms with van der Waals surface area (Å²) in [5, 5.41) is 5.95. The lowest BCUT2D eigenvalue weighted by Gasteiger charge is -2.05. The van der Waals surface area contributed by atoms with Crippen molar-refractivity contribution in [1.82, 2.24) is 10.3 Å². The molecule has 1 heterocycles. The van der Waals surface area contributed by atoms with E-state index in [-0.39, 0.29) is 18.4 Å². The van der Waals surface area contributed by atoms with Crippen LogP contribution in [0.5, 0.6) is 0 Å². The Balaban J connectivity index is 1.51. The summed E-state index contributed by atoms with van der Waals surface area (Å²) >= 11 is 1.53. The fourth-order valence-electron chi connectivity index (χ4n) is 2.26. The maximum Gasteiger partial charge on any atom is 0.251 e. The molecule has 0 unspecified atom stereocenters. The molecule has 1 aliphatic rings. The number of amides is 2. The Labute approximate surface area is 126 Å². The van der Waals surface area contributed by atoms with Crippen molar-refractivity contribution in [2.75, 3.05) is 11.9 Å². The summed E-state index contributed by atoms with van der Waals surface area (Å²) in [6.07, 6.45) is 3.19. The highest BCUT2D eigenvalue weighted by Crippen LogP contribution is 2.30. The molecule has 0 bridgehead atoms. The summed E-state index contributed by atoms with van der Waals surface area (Å²) < 4.78 is 0. The predicted molar refractivity (Wildman–Crippen MR) is 81.5 cm³/mol. The van der Waals surface area contributed by atoms with E-state index in [2.05, 4.69) is 15.6 Å². The quantitative estimate of drug-likeness (QED) is 0.907. The number of fused-ring (bicyclic) bond motifs is 1. The molecule has 0 saturated heterocycles. The summed E-state index contributed by atoms with van der Waals surface area (Å²) in [6.45, 7) is -0.0576. The van der Waals surface area contributed by atoms with Gasteiger partial charge in [0.15, 0.2) is 5.13 Å². The highest BCUT2D eigenvalue weighted by Gasteiger charge is 2.17. The van der Waals surface area contributed by atoms with E-state index in [1.165, 1.54) is 16.2 Å². The summed E-state index contributed by atoms with van der Waals surface area (Å²) in [5.41, 5.74) is 1.64. The van der Waals surface area contributed by atoms with Gasteiger partial charge in [0.2, 0.25) is 5.91 Å². The van der Waals surface area contributed by atoms with Gasteiger partial charge in [-0.3, -0.25) is 9.59 Å². The lowest BCUT2D eigenvalue weighted by molar-refractivity contribution is -0.115. The molecule has 3 rings (SSSR count). The van der Waals surface area contributed by atoms with Crippen LogP contribution in [-0.4, -0.2) is 23.3 Å². The topological polar surface area (TPSA) is 71.1 Å². The van der Waals surface area contributed by atoms with Gasteiger partial charge < -0.3 is 10.6 Å². The van der Waals surface area contributed by atoms with Crippen LogP contribution in [0.25, 0.3) is 0 Å². The van der Waals surface area contributed by atoms with Crippen LogP contribution in [0.2, 0.25) is 0 Å². The molecule has 0 fully saturated rings. The Bertz CT molecular complexity index is 645. The second-order valence-electron chi connectivity index (χ2n) is 4.84. The number of aromatic nitrogens is 1. The smallest absolute Gasteiger partial charge is 0.251 e. The molecule has 1 aromatic heterocycles. The number of nitrogens with one attached hydrogen (secondary N) is 2. The van der Waals surface area contributed by atoms with E-state index < -0.39 is 0 Å². The number of carbonyl (C=O) groups excluding carboxylic acids is 2. The van der Waals surface area contributed by atoms with Crippen LogP contribution < -0.4 is 10.6 Å². The fourth-order valence-corrected chi connectivity index (χ4v) is 3.33. The average Bonchev–Trinajstić information content (AvgIpc) is 3.07. The number of thiazole rings is 1. The largest absolute Gasteiger partial charge is 0.343 e. The molecule has 0 radical (unpaired) electrons. The first-order valence-corrected chi connectivity index (χ1v) is 7.66. The summed E-state index contributed by atoms with van der Waals surface area (Å²) in [4.78, 5) is 29.3. The summed E-state index contributed by atoms with van der Waals surface area (Å²) in [6, 6.07) is 8.82. The Morgan fingerprint density at radius 3 is 2.76 bits per heavy atom. The van der Waals surface area contributed by atoms with Crippen LogP contribution in [0.15, 0.2) is 30.3 Å². The lowest BCUT2D eigenvalue weighted by atomic mass is 10.2. The predicted octanol–water partition coefficient (Wildman–Crippen LogP) is 2.00. The van der Waals surface area contributed by atoms with Gasteiger partial charge in [-0.05, 0) is 31.4 Å². The van der Waals surface area contributed by atoms with Gasteiger partial charge in [-0.25, -0.2) is 4.98 Å². The number of carbonyl (C=O) groups is 2. The SMILES string of the molecule is O=C(CNC(=O)c1ccccc1)Nc1nc2c(s1)CCC2. The van der Waals surface area contributed by atoms with Crippen molar-refractivity contribution in [2.24, 2.45) is 0 Å². The number of benzene rings is 1. The molecule has 2 N–H and O–H groups in total. The van der Waals surface area contributed by atoms with Gasteiger partial charge in [-0.1, -0.05) is 18.2 Å². The third-order valence-electron chi connectivity index (χ3n) is 3.29. The van der Waals surface area contributed by atoms with Gasteiger partial charge >= 0.3 is 0 Å². The molecule has 0 aliphatic heterocycles. The van der Waals surface area contributed by atoms with Crippen LogP contribution in [0, 0.1) is 0 Å². The Kier molecular flexibility index (Phi) is 3.96. The van der Waals surface area contributed by atoms with E-state index in [0.29, 0.717) is 10.7 Å². The molecular weight excluding hydrogens is 286 g/mol. The average molecular weight is 301 g/mol. The van der Waals surface area contributed by atoms with E-state index in [9.17, 15) is 9.59 Å². The van der Waals surface area contributed by atoms with Crippen LogP contribution in [0.1, 0.15) is 27.3 Å². The third-order valence-corrected chi connectivity index (χ3v) is 4.36. The van der Waals surface area contributed by atoms with Gasteiger partial charge in [0.1, 0.15) is 0 Å². The number of rotatable bonds is 4. The van der Waals surface area contributed by atoms with Gasteiger partial charge in [-0.2, -0.15) is 0 Å². The zero-order valence-electron chi connectivity index (χ0n) is 11.4. The van der Waals surface area contributed by atoms with Gasteiger partial charge in [0.25, 0.3) is 5.91 Å². The van der Waals surface area contributed by atoms with Crippen LogP contribution >= 0.6 is 11.3 Å². The summed E-state index contributed by atoms with van der Waals surface area (Å²) in [7, 11) is 0. The van der Waals surface area contributed by atoms with Crippen LogP contribution in [0.3, 0.4) is 0 Å². The molecule has 0 atom stereocenters. The molecule has 2 amide bonds. The molecule has 1 aromatic carbocycles. The van der Waals surface area contributed by atoms with E-state index in [4.69, 9.17) is 0 Å². The Morgan fingerprint density at radius 1 is 1.19 bits per heavy atom. The Morgan fingerprint density at radius 2 is 2.00 bits per heavy atom. The monoisotopic (exact) mass is 301 g/mol. The number of hydrogen-bond acceptors (Lipinski definition) is 4. The maximum absolute atomic E-state index is 11.8. The van der Waals surface area contributed by atoms with Crippen molar-refractivity contribution in [3.05, 3.63) is 46.5 Å². The van der Waals surface area contributed by atoms with Crippen molar-refractivity contribution in [3.63, 3.8) is 0 Å². The first kappa shape index (κ1) is 13.8. The molecule has 0 saturated carbocycles. The van der Waals surface area contributed by atoms with E-state index in [0.717, 1.165) is 25.0 Å². The first-order chi connectivity index (χ1) is 10.2.